The van der Waals surface area contributed by atoms with Crippen LogP contribution in [0, 0.1) is 18.6 Å². The summed E-state index contributed by atoms with van der Waals surface area (Å²) in [6.45, 7) is 4.22. The lowest BCUT2D eigenvalue weighted by Gasteiger charge is -2.18. The molecule has 2 heterocycles. The van der Waals surface area contributed by atoms with Crippen LogP contribution in [0.25, 0.3) is 9.40 Å². The number of nitrogens with one attached hydrogen (secondary N) is 1. The van der Waals surface area contributed by atoms with Crippen LogP contribution in [0.4, 0.5) is 8.78 Å². The molecule has 0 fully saturated rings. The van der Waals surface area contributed by atoms with Crippen LogP contribution in [0.2, 0.25) is 0 Å². The molecule has 110 valence electrons. The molecule has 0 amide bonds. The molecule has 3 rings (SSSR count). The van der Waals surface area contributed by atoms with E-state index >= 15 is 0 Å². The van der Waals surface area contributed by atoms with Gasteiger partial charge in [0, 0.05) is 19.8 Å². The lowest BCUT2D eigenvalue weighted by atomic mass is 10.0. The van der Waals surface area contributed by atoms with E-state index < -0.39 is 11.6 Å². The molecule has 21 heavy (non-hydrogen) atoms. The SMILES string of the molecule is CCNC(c1cc2sccc2s1)c1ccc(C)c(F)c1F. The minimum atomic E-state index is -0.756. The molecule has 0 aliphatic rings. The smallest absolute Gasteiger partial charge is 0.164 e. The van der Waals surface area contributed by atoms with Crippen LogP contribution in [0.1, 0.15) is 29.0 Å². The second-order valence-electron chi connectivity index (χ2n) is 4.89. The van der Waals surface area contributed by atoms with Crippen molar-refractivity contribution in [2.75, 3.05) is 6.54 Å². The number of hydrogen-bond acceptors (Lipinski definition) is 3. The van der Waals surface area contributed by atoms with Crippen LogP contribution in [0.5, 0.6) is 0 Å². The molecule has 1 nitrogen and oxygen atoms in total. The van der Waals surface area contributed by atoms with Crippen LogP contribution in [0.15, 0.2) is 29.6 Å². The molecule has 0 aliphatic carbocycles. The fourth-order valence-electron chi connectivity index (χ4n) is 2.38. The third-order valence-corrected chi connectivity index (χ3v) is 5.63. The van der Waals surface area contributed by atoms with Crippen molar-refractivity contribution < 1.29 is 8.78 Å². The first kappa shape index (κ1) is 14.6. The summed E-state index contributed by atoms with van der Waals surface area (Å²) in [5.41, 5.74) is 0.701. The van der Waals surface area contributed by atoms with Gasteiger partial charge in [0.15, 0.2) is 11.6 Å². The molecule has 1 N–H and O–H groups in total. The molecule has 0 bridgehead atoms. The van der Waals surface area contributed by atoms with E-state index in [-0.39, 0.29) is 6.04 Å². The zero-order valence-electron chi connectivity index (χ0n) is 11.7. The quantitative estimate of drug-likeness (QED) is 0.691. The van der Waals surface area contributed by atoms with Gasteiger partial charge >= 0.3 is 0 Å². The lowest BCUT2D eigenvalue weighted by molar-refractivity contribution is 0.480. The van der Waals surface area contributed by atoms with E-state index in [4.69, 9.17) is 0 Å². The molecule has 0 saturated carbocycles. The molecule has 3 aromatic rings. The van der Waals surface area contributed by atoms with Crippen molar-refractivity contribution in [1.29, 1.82) is 0 Å². The highest BCUT2D eigenvalue weighted by Gasteiger charge is 2.22. The molecule has 5 heteroatoms. The van der Waals surface area contributed by atoms with Crippen LogP contribution >= 0.6 is 22.7 Å². The van der Waals surface area contributed by atoms with E-state index in [1.165, 1.54) is 9.40 Å². The van der Waals surface area contributed by atoms with E-state index in [2.05, 4.69) is 17.4 Å². The van der Waals surface area contributed by atoms with Crippen molar-refractivity contribution in [3.8, 4) is 0 Å². The maximum Gasteiger partial charge on any atom is 0.164 e. The second kappa shape index (κ2) is 5.83. The van der Waals surface area contributed by atoms with E-state index in [1.807, 2.05) is 12.3 Å². The summed E-state index contributed by atoms with van der Waals surface area (Å²) in [5.74, 6) is -1.51. The number of aryl methyl sites for hydroxylation is 1. The first-order valence-corrected chi connectivity index (χ1v) is 8.46. The molecule has 1 unspecified atom stereocenters. The van der Waals surface area contributed by atoms with Crippen molar-refractivity contribution >= 4 is 32.1 Å². The molecule has 1 atom stereocenters. The van der Waals surface area contributed by atoms with Crippen LogP contribution in [0.3, 0.4) is 0 Å². The number of thiophene rings is 2. The Morgan fingerprint density at radius 1 is 1.14 bits per heavy atom. The summed E-state index contributed by atoms with van der Waals surface area (Å²) >= 11 is 3.29. The molecule has 2 aromatic heterocycles. The van der Waals surface area contributed by atoms with Crippen molar-refractivity contribution in [2.24, 2.45) is 0 Å². The Bertz CT molecular complexity index is 747. The predicted octanol–water partition coefficient (Wildman–Crippen LogP) is 5.25. The van der Waals surface area contributed by atoms with E-state index in [0.29, 0.717) is 17.7 Å². The summed E-state index contributed by atoms with van der Waals surface area (Å²) in [7, 11) is 0. The maximum atomic E-state index is 14.3. The topological polar surface area (TPSA) is 12.0 Å². The van der Waals surface area contributed by atoms with Crippen LogP contribution in [-0.2, 0) is 0 Å². The minimum absolute atomic E-state index is 0.310. The Morgan fingerprint density at radius 2 is 1.95 bits per heavy atom. The fourth-order valence-corrected chi connectivity index (χ4v) is 4.59. The number of hydrogen-bond donors (Lipinski definition) is 1. The number of fused-ring (bicyclic) bond motifs is 1. The molecule has 0 aliphatic heterocycles. The molecule has 0 radical (unpaired) electrons. The van der Waals surface area contributed by atoms with Crippen molar-refractivity contribution in [3.63, 3.8) is 0 Å². The highest BCUT2D eigenvalue weighted by atomic mass is 32.1. The predicted molar refractivity (Wildman–Crippen MR) is 86.3 cm³/mol. The van der Waals surface area contributed by atoms with Gasteiger partial charge in [-0.25, -0.2) is 8.78 Å². The lowest BCUT2D eigenvalue weighted by Crippen LogP contribution is -2.22. The maximum absolute atomic E-state index is 14.3. The summed E-state index contributed by atoms with van der Waals surface area (Å²) in [6, 6.07) is 7.12. The molecule has 1 aromatic carbocycles. The normalized spacial score (nSPS) is 13.0. The van der Waals surface area contributed by atoms with Gasteiger partial charge in [-0.1, -0.05) is 19.1 Å². The average Bonchev–Trinajstić information content (AvgIpc) is 3.04. The van der Waals surface area contributed by atoms with Gasteiger partial charge in [0.2, 0.25) is 0 Å². The fraction of sp³-hybridized carbons (Fsp3) is 0.250. The minimum Gasteiger partial charge on any atom is -0.306 e. The number of halogens is 2. The zero-order valence-corrected chi connectivity index (χ0v) is 13.4. The van der Waals surface area contributed by atoms with E-state index in [1.54, 1.807) is 41.7 Å². The highest BCUT2D eigenvalue weighted by Crippen LogP contribution is 2.37. The Balaban J connectivity index is 2.09. The second-order valence-corrected chi connectivity index (χ2v) is 6.95. The van der Waals surface area contributed by atoms with Gasteiger partial charge in [-0.3, -0.25) is 0 Å². The molecule has 0 spiro atoms. The first-order chi connectivity index (χ1) is 10.1. The van der Waals surface area contributed by atoms with Gasteiger partial charge in [0.05, 0.1) is 6.04 Å². The van der Waals surface area contributed by atoms with Gasteiger partial charge in [-0.05, 0) is 36.5 Å². The Hall–Kier alpha value is -1.30. The standard InChI is InChI=1S/C16H15F2NS2/c1-3-19-16(10-5-4-9(2)14(17)15(10)18)13-8-12-11(21-13)6-7-20-12/h4-8,16,19H,3H2,1-2H3. The third-order valence-electron chi connectivity index (χ3n) is 3.47. The van der Waals surface area contributed by atoms with Gasteiger partial charge in [-0.2, -0.15) is 0 Å². The molecular weight excluding hydrogens is 308 g/mol. The monoisotopic (exact) mass is 323 g/mol. The van der Waals surface area contributed by atoms with Crippen molar-refractivity contribution in [1.82, 2.24) is 5.32 Å². The Labute approximate surface area is 130 Å². The Kier molecular flexibility index (Phi) is 4.06. The summed E-state index contributed by atoms with van der Waals surface area (Å²) in [6.07, 6.45) is 0. The van der Waals surface area contributed by atoms with Gasteiger partial charge in [0.1, 0.15) is 0 Å². The highest BCUT2D eigenvalue weighted by molar-refractivity contribution is 7.27. The molecule has 0 saturated heterocycles. The number of benzene rings is 1. The zero-order chi connectivity index (χ0) is 15.0. The average molecular weight is 323 g/mol. The van der Waals surface area contributed by atoms with E-state index in [9.17, 15) is 8.78 Å². The molecular formula is C16H15F2NS2. The third kappa shape index (κ3) is 2.61. The van der Waals surface area contributed by atoms with Crippen LogP contribution in [-0.4, -0.2) is 6.54 Å². The van der Waals surface area contributed by atoms with Gasteiger partial charge in [0.25, 0.3) is 0 Å². The largest absolute Gasteiger partial charge is 0.306 e. The van der Waals surface area contributed by atoms with E-state index in [0.717, 1.165) is 4.88 Å². The Morgan fingerprint density at radius 3 is 2.67 bits per heavy atom. The van der Waals surface area contributed by atoms with Crippen molar-refractivity contribution in [3.05, 3.63) is 57.3 Å². The number of rotatable bonds is 4. The van der Waals surface area contributed by atoms with Gasteiger partial charge in [-0.15, -0.1) is 22.7 Å². The summed E-state index contributed by atoms with van der Waals surface area (Å²) in [4.78, 5) is 1.01. The van der Waals surface area contributed by atoms with Crippen molar-refractivity contribution in [2.45, 2.75) is 19.9 Å². The van der Waals surface area contributed by atoms with Crippen LogP contribution < -0.4 is 5.32 Å². The summed E-state index contributed by atoms with van der Waals surface area (Å²) in [5, 5.41) is 5.30. The van der Waals surface area contributed by atoms with Gasteiger partial charge < -0.3 is 5.32 Å². The first-order valence-electron chi connectivity index (χ1n) is 6.76. The summed E-state index contributed by atoms with van der Waals surface area (Å²) < 4.78 is 30.5.